The molecule has 2 aliphatic rings. The van der Waals surface area contributed by atoms with E-state index in [2.05, 4.69) is 28.9 Å². The Morgan fingerprint density at radius 2 is 2.29 bits per heavy atom. The van der Waals surface area contributed by atoms with Crippen LogP contribution in [0.3, 0.4) is 0 Å². The van der Waals surface area contributed by atoms with Crippen LogP contribution in [-0.4, -0.2) is 61.3 Å². The third-order valence-electron chi connectivity index (χ3n) is 3.72. The third-order valence-corrected chi connectivity index (χ3v) is 5.09. The molecule has 1 heterocycles. The van der Waals surface area contributed by atoms with Gasteiger partial charge in [0.05, 0.1) is 6.61 Å². The Labute approximate surface area is 110 Å². The van der Waals surface area contributed by atoms with Crippen LogP contribution in [-0.2, 0) is 4.74 Å². The van der Waals surface area contributed by atoms with Gasteiger partial charge in [0, 0.05) is 49.8 Å². The number of nitrogens with one attached hydrogen (secondary N) is 1. The highest BCUT2D eigenvalue weighted by molar-refractivity contribution is 8.00. The van der Waals surface area contributed by atoms with Crippen molar-refractivity contribution in [1.82, 2.24) is 10.2 Å². The normalized spacial score (nSPS) is 28.2. The fraction of sp³-hybridized carbons (Fsp3) is 1.00. The van der Waals surface area contributed by atoms with E-state index in [9.17, 15) is 0 Å². The van der Waals surface area contributed by atoms with E-state index in [0.29, 0.717) is 6.04 Å². The molecule has 100 valence electrons. The van der Waals surface area contributed by atoms with Crippen molar-refractivity contribution in [3.8, 4) is 0 Å². The van der Waals surface area contributed by atoms with Gasteiger partial charge in [-0.15, -0.1) is 0 Å². The first kappa shape index (κ1) is 13.7. The van der Waals surface area contributed by atoms with Crippen molar-refractivity contribution in [2.45, 2.75) is 43.5 Å². The van der Waals surface area contributed by atoms with Gasteiger partial charge in [-0.05, 0) is 19.3 Å². The van der Waals surface area contributed by atoms with Crippen LogP contribution in [0.15, 0.2) is 0 Å². The number of methoxy groups -OCH3 is 1. The zero-order chi connectivity index (χ0) is 12.1. The standard InChI is InChI=1S/C13H26N2OS/c1-3-13-9-15(6-7-17-13)12(10-16-2)8-14-11-4-5-11/h11-14H,3-10H2,1-2H3. The Morgan fingerprint density at radius 3 is 2.94 bits per heavy atom. The molecule has 17 heavy (non-hydrogen) atoms. The molecule has 0 radical (unpaired) electrons. The van der Waals surface area contributed by atoms with Gasteiger partial charge in [-0.2, -0.15) is 11.8 Å². The highest BCUT2D eigenvalue weighted by atomic mass is 32.2. The number of hydrogen-bond donors (Lipinski definition) is 1. The van der Waals surface area contributed by atoms with Crippen molar-refractivity contribution in [1.29, 1.82) is 0 Å². The summed E-state index contributed by atoms with van der Waals surface area (Å²) >= 11 is 2.14. The molecule has 0 aromatic heterocycles. The van der Waals surface area contributed by atoms with E-state index >= 15 is 0 Å². The Morgan fingerprint density at radius 1 is 1.47 bits per heavy atom. The molecule has 1 aliphatic carbocycles. The average Bonchev–Trinajstić information content (AvgIpc) is 3.18. The molecule has 0 amide bonds. The van der Waals surface area contributed by atoms with Crippen LogP contribution in [0.1, 0.15) is 26.2 Å². The average molecular weight is 258 g/mol. The molecule has 2 rings (SSSR count). The zero-order valence-electron chi connectivity index (χ0n) is 11.2. The Balaban J connectivity index is 1.79. The first-order valence-corrected chi connectivity index (χ1v) is 7.96. The molecule has 3 nitrogen and oxygen atoms in total. The van der Waals surface area contributed by atoms with Gasteiger partial charge in [0.1, 0.15) is 0 Å². The van der Waals surface area contributed by atoms with Crippen LogP contribution in [0.4, 0.5) is 0 Å². The molecule has 1 saturated carbocycles. The van der Waals surface area contributed by atoms with Gasteiger partial charge in [0.25, 0.3) is 0 Å². The van der Waals surface area contributed by atoms with E-state index in [1.165, 1.54) is 38.1 Å². The molecule has 1 saturated heterocycles. The molecule has 0 aromatic carbocycles. The number of thioether (sulfide) groups is 1. The van der Waals surface area contributed by atoms with E-state index < -0.39 is 0 Å². The number of nitrogens with zero attached hydrogens (tertiary/aromatic N) is 1. The molecule has 0 spiro atoms. The summed E-state index contributed by atoms with van der Waals surface area (Å²) in [5, 5.41) is 4.47. The molecule has 0 aromatic rings. The fourth-order valence-electron chi connectivity index (χ4n) is 2.40. The van der Waals surface area contributed by atoms with Crippen molar-refractivity contribution in [3.63, 3.8) is 0 Å². The minimum Gasteiger partial charge on any atom is -0.383 e. The van der Waals surface area contributed by atoms with E-state index in [1.807, 2.05) is 7.11 Å². The molecule has 2 unspecified atom stereocenters. The maximum absolute atomic E-state index is 5.39. The third kappa shape index (κ3) is 4.43. The van der Waals surface area contributed by atoms with Crippen molar-refractivity contribution in [2.24, 2.45) is 0 Å². The van der Waals surface area contributed by atoms with Crippen molar-refractivity contribution in [3.05, 3.63) is 0 Å². The second kappa shape index (κ2) is 6.98. The predicted molar refractivity (Wildman–Crippen MR) is 74.8 cm³/mol. The van der Waals surface area contributed by atoms with E-state index in [-0.39, 0.29) is 0 Å². The summed E-state index contributed by atoms with van der Waals surface area (Å²) < 4.78 is 5.39. The highest BCUT2D eigenvalue weighted by Gasteiger charge is 2.27. The largest absolute Gasteiger partial charge is 0.383 e. The topological polar surface area (TPSA) is 24.5 Å². The quantitative estimate of drug-likeness (QED) is 0.749. The first-order valence-electron chi connectivity index (χ1n) is 6.91. The minimum atomic E-state index is 0.565. The van der Waals surface area contributed by atoms with Crippen LogP contribution in [0.25, 0.3) is 0 Å². The van der Waals surface area contributed by atoms with Crippen molar-refractivity contribution < 1.29 is 4.74 Å². The Hall–Kier alpha value is 0.230. The SMILES string of the molecule is CCC1CN(C(CNC2CC2)COC)CCS1. The maximum atomic E-state index is 5.39. The summed E-state index contributed by atoms with van der Waals surface area (Å²) in [6, 6.07) is 1.37. The Kier molecular flexibility index (Phi) is 5.60. The molecular formula is C13H26N2OS. The van der Waals surface area contributed by atoms with Crippen LogP contribution in [0.5, 0.6) is 0 Å². The van der Waals surface area contributed by atoms with Crippen LogP contribution in [0.2, 0.25) is 0 Å². The van der Waals surface area contributed by atoms with E-state index in [1.54, 1.807) is 0 Å². The van der Waals surface area contributed by atoms with Gasteiger partial charge in [-0.3, -0.25) is 4.90 Å². The van der Waals surface area contributed by atoms with Gasteiger partial charge >= 0.3 is 0 Å². The molecule has 0 bridgehead atoms. The summed E-state index contributed by atoms with van der Waals surface area (Å²) in [5.74, 6) is 1.28. The molecule has 2 atom stereocenters. The summed E-state index contributed by atoms with van der Waals surface area (Å²) in [6.45, 7) is 6.72. The lowest BCUT2D eigenvalue weighted by molar-refractivity contribution is 0.0907. The van der Waals surface area contributed by atoms with Gasteiger partial charge in [0.15, 0.2) is 0 Å². The van der Waals surface area contributed by atoms with Gasteiger partial charge in [-0.1, -0.05) is 6.92 Å². The molecule has 1 aliphatic heterocycles. The summed E-state index contributed by atoms with van der Waals surface area (Å²) in [4.78, 5) is 2.63. The summed E-state index contributed by atoms with van der Waals surface area (Å²) in [5.41, 5.74) is 0. The number of rotatable bonds is 7. The van der Waals surface area contributed by atoms with Crippen molar-refractivity contribution in [2.75, 3.05) is 39.1 Å². The Bertz CT molecular complexity index is 223. The molecule has 2 fully saturated rings. The number of ether oxygens (including phenoxy) is 1. The van der Waals surface area contributed by atoms with Crippen LogP contribution >= 0.6 is 11.8 Å². The lowest BCUT2D eigenvalue weighted by Crippen LogP contribution is -2.50. The minimum absolute atomic E-state index is 0.565. The monoisotopic (exact) mass is 258 g/mol. The smallest absolute Gasteiger partial charge is 0.0630 e. The lowest BCUT2D eigenvalue weighted by atomic mass is 10.2. The molecule has 4 heteroatoms. The van der Waals surface area contributed by atoms with E-state index in [0.717, 1.165) is 24.4 Å². The number of hydrogen-bond acceptors (Lipinski definition) is 4. The molecular weight excluding hydrogens is 232 g/mol. The van der Waals surface area contributed by atoms with Gasteiger partial charge in [-0.25, -0.2) is 0 Å². The fourth-order valence-corrected chi connectivity index (χ4v) is 3.60. The van der Waals surface area contributed by atoms with Crippen LogP contribution in [0, 0.1) is 0 Å². The van der Waals surface area contributed by atoms with Gasteiger partial charge < -0.3 is 10.1 Å². The summed E-state index contributed by atoms with van der Waals surface area (Å²) in [6.07, 6.45) is 4.03. The van der Waals surface area contributed by atoms with Gasteiger partial charge in [0.2, 0.25) is 0 Å². The zero-order valence-corrected chi connectivity index (χ0v) is 12.0. The maximum Gasteiger partial charge on any atom is 0.0630 e. The lowest BCUT2D eigenvalue weighted by Gasteiger charge is -2.37. The summed E-state index contributed by atoms with van der Waals surface area (Å²) in [7, 11) is 1.82. The molecule has 1 N–H and O–H groups in total. The predicted octanol–water partition coefficient (Wildman–Crippen LogP) is 1.58. The van der Waals surface area contributed by atoms with E-state index in [4.69, 9.17) is 4.74 Å². The first-order chi connectivity index (χ1) is 8.33. The van der Waals surface area contributed by atoms with Crippen LogP contribution < -0.4 is 5.32 Å². The second-order valence-electron chi connectivity index (χ2n) is 5.19. The second-order valence-corrected chi connectivity index (χ2v) is 6.60. The van der Waals surface area contributed by atoms with Crippen molar-refractivity contribution >= 4 is 11.8 Å². The highest BCUT2D eigenvalue weighted by Crippen LogP contribution is 2.23.